The van der Waals surface area contributed by atoms with Crippen LogP contribution in [-0.4, -0.2) is 30.1 Å². The van der Waals surface area contributed by atoms with E-state index in [4.69, 9.17) is 16.0 Å². The van der Waals surface area contributed by atoms with Gasteiger partial charge in [0.1, 0.15) is 0 Å². The molecule has 0 aliphatic rings. The molecule has 0 bridgehead atoms. The van der Waals surface area contributed by atoms with Crippen LogP contribution < -0.4 is 10.9 Å². The van der Waals surface area contributed by atoms with Crippen LogP contribution in [0.1, 0.15) is 11.3 Å². The molecule has 9 heteroatoms. The van der Waals surface area contributed by atoms with E-state index in [-0.39, 0.29) is 23.9 Å². The van der Waals surface area contributed by atoms with E-state index in [1.165, 1.54) is 12.3 Å². The molecule has 22 heavy (non-hydrogen) atoms. The number of nitrogens with zero attached hydrogens (tertiary/aromatic N) is 2. The fraction of sp³-hybridized carbons (Fsp3) is 0.231. The van der Waals surface area contributed by atoms with Crippen molar-refractivity contribution in [3.8, 4) is 11.1 Å². The number of hydrogen-bond acceptors (Lipinski definition) is 6. The maximum atomic E-state index is 11.8. The van der Waals surface area contributed by atoms with Crippen molar-refractivity contribution in [1.29, 1.82) is 0 Å². The van der Waals surface area contributed by atoms with Crippen molar-refractivity contribution >= 4 is 31.9 Å². The van der Waals surface area contributed by atoms with E-state index >= 15 is 0 Å². The van der Waals surface area contributed by atoms with Crippen molar-refractivity contribution < 1.29 is 13.5 Å². The molecule has 1 aromatic carbocycles. The third-order valence-corrected chi connectivity index (χ3v) is 5.25. The highest BCUT2D eigenvalue weighted by atomic mass is 79.9. The Labute approximate surface area is 136 Å². The number of hydrogen-bond donors (Lipinski definition) is 3. The molecule has 0 fully saturated rings. The Balaban J connectivity index is 2.73. The predicted octanol–water partition coefficient (Wildman–Crippen LogP) is 0.979. The average molecular weight is 387 g/mol. The Morgan fingerprint density at radius 1 is 1.36 bits per heavy atom. The third-order valence-electron chi connectivity index (χ3n) is 3.11. The molecule has 5 N–H and O–H groups in total. The molecule has 2 aromatic rings. The van der Waals surface area contributed by atoms with Crippen LogP contribution in [0.15, 0.2) is 27.7 Å². The van der Waals surface area contributed by atoms with Crippen LogP contribution in [0.5, 0.6) is 0 Å². The number of primary sulfonamides is 1. The number of halogens is 1. The van der Waals surface area contributed by atoms with Crippen LogP contribution in [0.3, 0.4) is 0 Å². The Morgan fingerprint density at radius 2 is 2.05 bits per heavy atom. The zero-order valence-corrected chi connectivity index (χ0v) is 14.1. The number of anilines is 1. The number of sulfonamides is 1. The second kappa shape index (κ2) is 6.29. The van der Waals surface area contributed by atoms with Crippen LogP contribution in [-0.2, 0) is 16.4 Å². The largest absolute Gasteiger partial charge is 0.396 e. The van der Waals surface area contributed by atoms with Crippen LogP contribution in [0.2, 0.25) is 0 Å². The first-order valence-electron chi connectivity index (χ1n) is 6.29. The van der Waals surface area contributed by atoms with Crippen molar-refractivity contribution in [3.63, 3.8) is 0 Å². The highest BCUT2D eigenvalue weighted by Gasteiger charge is 2.19. The summed E-state index contributed by atoms with van der Waals surface area (Å²) >= 11 is 3.23. The Hall–Kier alpha value is -1.55. The molecule has 0 aliphatic carbocycles. The molecule has 0 aliphatic heterocycles. The summed E-state index contributed by atoms with van der Waals surface area (Å²) in [5.41, 5.74) is 8.00. The second-order valence-electron chi connectivity index (χ2n) is 4.69. The minimum Gasteiger partial charge on any atom is -0.396 e. The van der Waals surface area contributed by atoms with E-state index in [1.54, 1.807) is 13.0 Å². The van der Waals surface area contributed by atoms with Gasteiger partial charge >= 0.3 is 0 Å². The molecular weight excluding hydrogens is 372 g/mol. The van der Waals surface area contributed by atoms with Gasteiger partial charge in [-0.05, 0) is 52.5 Å². The molecule has 0 unspecified atom stereocenters. The van der Waals surface area contributed by atoms with Crippen molar-refractivity contribution in [1.82, 2.24) is 9.97 Å². The standard InChI is InChI=1S/C13H15BrN4O3S/c1-7-10(6-17-13(15)18-7)9-4-8(2-3-19)12(14)11(5-9)22(16,20)21/h4-6,19H,2-3H2,1H3,(H2,15,17,18)(H2,16,20,21). The molecular formula is C13H15BrN4O3S. The van der Waals surface area contributed by atoms with Gasteiger partial charge in [0.15, 0.2) is 0 Å². The second-order valence-corrected chi connectivity index (χ2v) is 7.02. The van der Waals surface area contributed by atoms with E-state index in [0.29, 0.717) is 26.9 Å². The first-order chi connectivity index (χ1) is 10.2. The van der Waals surface area contributed by atoms with E-state index in [2.05, 4.69) is 25.9 Å². The number of aliphatic hydroxyl groups is 1. The van der Waals surface area contributed by atoms with Gasteiger partial charge in [-0.2, -0.15) is 0 Å². The van der Waals surface area contributed by atoms with Gasteiger partial charge in [0.25, 0.3) is 0 Å². The number of aliphatic hydroxyl groups excluding tert-OH is 1. The first kappa shape index (κ1) is 16.8. The smallest absolute Gasteiger partial charge is 0.239 e. The normalized spacial score (nSPS) is 11.6. The average Bonchev–Trinajstić information content (AvgIpc) is 2.40. The molecule has 0 atom stereocenters. The van der Waals surface area contributed by atoms with Gasteiger partial charge in [-0.3, -0.25) is 0 Å². The summed E-state index contributed by atoms with van der Waals surface area (Å²) in [6, 6.07) is 3.21. The summed E-state index contributed by atoms with van der Waals surface area (Å²) in [6.45, 7) is 1.63. The summed E-state index contributed by atoms with van der Waals surface area (Å²) < 4.78 is 23.9. The van der Waals surface area contributed by atoms with E-state index in [0.717, 1.165) is 0 Å². The number of aromatic nitrogens is 2. The number of benzene rings is 1. The minimum absolute atomic E-state index is 0.0512. The number of nitrogens with two attached hydrogens (primary N) is 2. The molecule has 0 saturated heterocycles. The lowest BCUT2D eigenvalue weighted by atomic mass is 10.0. The highest BCUT2D eigenvalue weighted by Crippen LogP contribution is 2.32. The lowest BCUT2D eigenvalue weighted by molar-refractivity contribution is 0.299. The predicted molar refractivity (Wildman–Crippen MR) is 86.5 cm³/mol. The molecule has 0 radical (unpaired) electrons. The molecule has 0 amide bonds. The van der Waals surface area contributed by atoms with Gasteiger partial charge in [0.05, 0.1) is 10.6 Å². The van der Waals surface area contributed by atoms with Crippen molar-refractivity contribution in [2.45, 2.75) is 18.2 Å². The lowest BCUT2D eigenvalue weighted by Crippen LogP contribution is -2.14. The number of nitrogen functional groups attached to an aromatic ring is 1. The topological polar surface area (TPSA) is 132 Å². The maximum absolute atomic E-state index is 11.8. The molecule has 118 valence electrons. The summed E-state index contributed by atoms with van der Waals surface area (Å²) in [7, 11) is -3.92. The minimum atomic E-state index is -3.92. The van der Waals surface area contributed by atoms with Gasteiger partial charge in [-0.1, -0.05) is 0 Å². The summed E-state index contributed by atoms with van der Waals surface area (Å²) in [5, 5.41) is 14.4. The molecule has 0 saturated carbocycles. The monoisotopic (exact) mass is 386 g/mol. The quantitative estimate of drug-likeness (QED) is 0.717. The van der Waals surface area contributed by atoms with E-state index in [9.17, 15) is 8.42 Å². The zero-order valence-electron chi connectivity index (χ0n) is 11.7. The molecule has 1 aromatic heterocycles. The van der Waals surface area contributed by atoms with Gasteiger partial charge in [-0.25, -0.2) is 23.5 Å². The Kier molecular flexibility index (Phi) is 4.81. The van der Waals surface area contributed by atoms with Gasteiger partial charge < -0.3 is 10.8 Å². The summed E-state index contributed by atoms with van der Waals surface area (Å²) in [6.07, 6.45) is 1.81. The SMILES string of the molecule is Cc1nc(N)ncc1-c1cc(CCO)c(Br)c(S(N)(=O)=O)c1. The Bertz CT molecular complexity index is 824. The number of aryl methyl sites for hydroxylation is 1. The van der Waals surface area contributed by atoms with Gasteiger partial charge in [0.2, 0.25) is 16.0 Å². The number of rotatable bonds is 4. The molecule has 7 nitrogen and oxygen atoms in total. The fourth-order valence-electron chi connectivity index (χ4n) is 2.09. The van der Waals surface area contributed by atoms with E-state index in [1.807, 2.05) is 0 Å². The van der Waals surface area contributed by atoms with Crippen molar-refractivity contribution in [3.05, 3.63) is 34.1 Å². The van der Waals surface area contributed by atoms with Crippen LogP contribution in [0.25, 0.3) is 11.1 Å². The third kappa shape index (κ3) is 3.43. The van der Waals surface area contributed by atoms with Gasteiger partial charge in [-0.15, -0.1) is 0 Å². The molecule has 2 rings (SSSR count). The molecule has 1 heterocycles. The summed E-state index contributed by atoms with van der Waals surface area (Å²) in [5.74, 6) is 0.139. The van der Waals surface area contributed by atoms with Crippen LogP contribution in [0.4, 0.5) is 5.95 Å². The van der Waals surface area contributed by atoms with Crippen molar-refractivity contribution in [2.75, 3.05) is 12.3 Å². The summed E-state index contributed by atoms with van der Waals surface area (Å²) in [4.78, 5) is 7.94. The zero-order chi connectivity index (χ0) is 16.5. The fourth-order valence-corrected chi connectivity index (χ4v) is 3.87. The highest BCUT2D eigenvalue weighted by molar-refractivity contribution is 9.10. The molecule has 0 spiro atoms. The van der Waals surface area contributed by atoms with E-state index < -0.39 is 10.0 Å². The maximum Gasteiger partial charge on any atom is 0.239 e. The van der Waals surface area contributed by atoms with Crippen molar-refractivity contribution in [2.24, 2.45) is 5.14 Å². The lowest BCUT2D eigenvalue weighted by Gasteiger charge is -2.13. The van der Waals surface area contributed by atoms with Crippen LogP contribution in [0, 0.1) is 6.92 Å². The Morgan fingerprint density at radius 3 is 2.59 bits per heavy atom. The van der Waals surface area contributed by atoms with Crippen LogP contribution >= 0.6 is 15.9 Å². The first-order valence-corrected chi connectivity index (χ1v) is 8.63. The van der Waals surface area contributed by atoms with Gasteiger partial charge in [0, 0.05) is 22.8 Å².